The second-order valence-electron chi connectivity index (χ2n) is 9.76. The number of benzene rings is 3. The van der Waals surface area contributed by atoms with Crippen LogP contribution in [0, 0.1) is 0 Å². The van der Waals surface area contributed by atoms with Crippen molar-refractivity contribution in [1.29, 1.82) is 0 Å². The predicted molar refractivity (Wildman–Crippen MR) is 144 cm³/mol. The second kappa shape index (κ2) is 10.0. The van der Waals surface area contributed by atoms with Gasteiger partial charge in [-0.25, -0.2) is 4.98 Å². The van der Waals surface area contributed by atoms with Crippen LogP contribution in [-0.2, 0) is 0 Å². The number of piperazine rings is 1. The molecule has 2 aliphatic rings. The Balaban J connectivity index is 1.24. The van der Waals surface area contributed by atoms with E-state index in [0.29, 0.717) is 6.04 Å². The summed E-state index contributed by atoms with van der Waals surface area (Å²) in [4.78, 5) is 15.0. The first kappa shape index (κ1) is 22.1. The number of fused-ring (bicyclic) bond motifs is 1. The first-order valence-electron chi connectivity index (χ1n) is 13.0. The van der Waals surface area contributed by atoms with Gasteiger partial charge in [-0.1, -0.05) is 85.6 Å². The third-order valence-electron chi connectivity index (χ3n) is 7.48. The summed E-state index contributed by atoms with van der Waals surface area (Å²) in [6.07, 6.45) is 5.07. The molecule has 5 heteroatoms. The van der Waals surface area contributed by atoms with Crippen LogP contribution >= 0.6 is 0 Å². The molecule has 0 amide bonds. The van der Waals surface area contributed by atoms with Crippen LogP contribution in [0.15, 0.2) is 84.9 Å². The Hall–Kier alpha value is -3.44. The molecule has 35 heavy (non-hydrogen) atoms. The fraction of sp³-hybridized carbons (Fsp3) is 0.333. The maximum Gasteiger partial charge on any atom is 0.227 e. The quantitative estimate of drug-likeness (QED) is 0.386. The zero-order valence-electron chi connectivity index (χ0n) is 20.2. The van der Waals surface area contributed by atoms with Gasteiger partial charge in [0.25, 0.3) is 0 Å². The van der Waals surface area contributed by atoms with Gasteiger partial charge in [0, 0.05) is 37.6 Å². The first-order chi connectivity index (χ1) is 17.3. The van der Waals surface area contributed by atoms with Crippen LogP contribution in [0.5, 0.6) is 0 Å². The molecule has 1 aliphatic heterocycles. The lowest BCUT2D eigenvalue weighted by molar-refractivity contribution is 0.211. The largest absolute Gasteiger partial charge is 0.367 e. The Kier molecular flexibility index (Phi) is 6.33. The minimum atomic E-state index is 0.261. The van der Waals surface area contributed by atoms with Crippen LogP contribution < -0.4 is 10.2 Å². The van der Waals surface area contributed by atoms with Crippen molar-refractivity contribution >= 4 is 22.7 Å². The summed E-state index contributed by atoms with van der Waals surface area (Å²) in [6.45, 7) is 3.76. The molecule has 0 bridgehead atoms. The smallest absolute Gasteiger partial charge is 0.227 e. The number of hydrogen-bond acceptors (Lipinski definition) is 5. The van der Waals surface area contributed by atoms with E-state index in [9.17, 15) is 0 Å². The van der Waals surface area contributed by atoms with Crippen molar-refractivity contribution in [2.75, 3.05) is 36.4 Å². The number of para-hydroxylation sites is 1. The molecule has 1 aliphatic carbocycles. The summed E-state index contributed by atoms with van der Waals surface area (Å²) in [5, 5.41) is 4.87. The number of rotatable bonds is 6. The average Bonchev–Trinajstić information content (AvgIpc) is 3.44. The van der Waals surface area contributed by atoms with Crippen LogP contribution in [0.3, 0.4) is 0 Å². The molecule has 3 aromatic carbocycles. The van der Waals surface area contributed by atoms with Crippen molar-refractivity contribution in [2.45, 2.75) is 37.8 Å². The third-order valence-corrected chi connectivity index (χ3v) is 7.48. The van der Waals surface area contributed by atoms with Crippen molar-refractivity contribution in [2.24, 2.45) is 0 Å². The average molecular weight is 464 g/mol. The normalized spacial score (nSPS) is 17.3. The first-order valence-corrected chi connectivity index (χ1v) is 13.0. The van der Waals surface area contributed by atoms with Gasteiger partial charge < -0.3 is 10.2 Å². The Labute approximate surface area is 207 Å². The van der Waals surface area contributed by atoms with Crippen molar-refractivity contribution in [3.8, 4) is 0 Å². The number of nitrogens with zero attached hydrogens (tertiary/aromatic N) is 4. The van der Waals surface area contributed by atoms with Crippen LogP contribution in [-0.4, -0.2) is 47.1 Å². The van der Waals surface area contributed by atoms with Gasteiger partial charge in [0.2, 0.25) is 5.95 Å². The maximum absolute atomic E-state index is 5.06. The van der Waals surface area contributed by atoms with Gasteiger partial charge in [0.1, 0.15) is 5.82 Å². The molecule has 178 valence electrons. The molecule has 5 nitrogen and oxygen atoms in total. The van der Waals surface area contributed by atoms with Gasteiger partial charge in [-0.2, -0.15) is 4.98 Å². The second-order valence-corrected chi connectivity index (χ2v) is 9.76. The van der Waals surface area contributed by atoms with E-state index in [4.69, 9.17) is 9.97 Å². The summed E-state index contributed by atoms with van der Waals surface area (Å²) < 4.78 is 0. The Morgan fingerprint density at radius 3 is 1.94 bits per heavy atom. The highest BCUT2D eigenvalue weighted by atomic mass is 15.3. The minimum absolute atomic E-state index is 0.261. The van der Waals surface area contributed by atoms with E-state index in [1.54, 1.807) is 0 Å². The van der Waals surface area contributed by atoms with Gasteiger partial charge >= 0.3 is 0 Å². The Morgan fingerprint density at radius 1 is 0.686 bits per heavy atom. The topological polar surface area (TPSA) is 44.3 Å². The van der Waals surface area contributed by atoms with Gasteiger partial charge in [-0.05, 0) is 36.1 Å². The Morgan fingerprint density at radius 2 is 1.29 bits per heavy atom. The zero-order valence-corrected chi connectivity index (χ0v) is 20.2. The van der Waals surface area contributed by atoms with E-state index in [2.05, 4.69) is 100 Å². The molecule has 1 saturated carbocycles. The lowest BCUT2D eigenvalue weighted by Crippen LogP contribution is -2.48. The SMILES string of the molecule is c1ccc(C(c2ccccc2)N2CCN(c3nc(NC4CCCC4)c4ccccc4n3)CC2)cc1. The molecule has 0 unspecified atom stereocenters. The highest BCUT2D eigenvalue weighted by Crippen LogP contribution is 2.31. The maximum atomic E-state index is 5.06. The van der Waals surface area contributed by atoms with Crippen LogP contribution in [0.25, 0.3) is 10.9 Å². The molecular weight excluding hydrogens is 430 g/mol. The van der Waals surface area contributed by atoms with Gasteiger partial charge in [0.15, 0.2) is 0 Å². The van der Waals surface area contributed by atoms with Gasteiger partial charge in [-0.15, -0.1) is 0 Å². The third kappa shape index (κ3) is 4.73. The lowest BCUT2D eigenvalue weighted by Gasteiger charge is -2.40. The summed E-state index contributed by atoms with van der Waals surface area (Å²) in [7, 11) is 0. The summed E-state index contributed by atoms with van der Waals surface area (Å²) in [5.74, 6) is 1.84. The van der Waals surface area contributed by atoms with E-state index < -0.39 is 0 Å². The Bertz CT molecular complexity index is 1210. The molecule has 0 spiro atoms. The van der Waals surface area contributed by atoms with Crippen LogP contribution in [0.4, 0.5) is 11.8 Å². The number of nitrogens with one attached hydrogen (secondary N) is 1. The molecule has 2 fully saturated rings. The van der Waals surface area contributed by atoms with E-state index in [1.165, 1.54) is 36.8 Å². The molecule has 2 heterocycles. The van der Waals surface area contributed by atoms with Gasteiger partial charge in [-0.3, -0.25) is 4.90 Å². The molecule has 0 radical (unpaired) electrons. The molecule has 1 aromatic heterocycles. The summed E-state index contributed by atoms with van der Waals surface area (Å²) >= 11 is 0. The number of aromatic nitrogens is 2. The van der Waals surface area contributed by atoms with E-state index >= 15 is 0 Å². The van der Waals surface area contributed by atoms with Crippen molar-refractivity contribution < 1.29 is 0 Å². The van der Waals surface area contributed by atoms with Crippen molar-refractivity contribution in [3.05, 3.63) is 96.1 Å². The highest BCUT2D eigenvalue weighted by molar-refractivity contribution is 5.90. The summed E-state index contributed by atoms with van der Waals surface area (Å²) in [6, 6.07) is 30.9. The van der Waals surface area contributed by atoms with Gasteiger partial charge in [0.05, 0.1) is 11.6 Å². The minimum Gasteiger partial charge on any atom is -0.367 e. The van der Waals surface area contributed by atoms with E-state index in [1.807, 2.05) is 0 Å². The lowest BCUT2D eigenvalue weighted by atomic mass is 9.96. The molecule has 0 atom stereocenters. The summed E-state index contributed by atoms with van der Waals surface area (Å²) in [5.41, 5.74) is 3.71. The fourth-order valence-electron chi connectivity index (χ4n) is 5.64. The molecule has 4 aromatic rings. The molecule has 6 rings (SSSR count). The highest BCUT2D eigenvalue weighted by Gasteiger charge is 2.28. The van der Waals surface area contributed by atoms with E-state index in [-0.39, 0.29) is 6.04 Å². The molecule has 1 saturated heterocycles. The van der Waals surface area contributed by atoms with E-state index in [0.717, 1.165) is 48.8 Å². The molecular formula is C30H33N5. The fourth-order valence-corrected chi connectivity index (χ4v) is 5.64. The van der Waals surface area contributed by atoms with Crippen molar-refractivity contribution in [3.63, 3.8) is 0 Å². The number of hydrogen-bond donors (Lipinski definition) is 1. The van der Waals surface area contributed by atoms with Crippen LogP contribution in [0.2, 0.25) is 0 Å². The van der Waals surface area contributed by atoms with Crippen LogP contribution in [0.1, 0.15) is 42.9 Å². The predicted octanol–water partition coefficient (Wildman–Crippen LogP) is 5.90. The standard InChI is InChI=1S/C30H33N5/c1-3-11-23(12-4-1)28(24-13-5-2-6-14-24)34-19-21-35(22-20-34)30-32-27-18-10-9-17-26(27)29(33-30)31-25-15-7-8-16-25/h1-6,9-14,17-18,25,28H,7-8,15-16,19-22H2,(H,31,32,33). The van der Waals surface area contributed by atoms with Crippen molar-refractivity contribution in [1.82, 2.24) is 14.9 Å². The monoisotopic (exact) mass is 463 g/mol. The molecule has 1 N–H and O–H groups in total. The number of anilines is 2. The zero-order chi connectivity index (χ0) is 23.5.